The number of fused-ring (bicyclic) bond motifs is 1. The molecular formula is C21H18N4O3. The predicted molar refractivity (Wildman–Crippen MR) is 105 cm³/mol. The molecule has 3 N–H and O–H groups in total. The molecule has 7 heteroatoms. The maximum atomic E-state index is 12.7. The summed E-state index contributed by atoms with van der Waals surface area (Å²) in [5.74, 6) is -0.847. The van der Waals surface area contributed by atoms with Crippen molar-refractivity contribution in [1.82, 2.24) is 14.8 Å². The zero-order valence-electron chi connectivity index (χ0n) is 15.0. The van der Waals surface area contributed by atoms with E-state index in [-0.39, 0.29) is 24.7 Å². The van der Waals surface area contributed by atoms with Crippen molar-refractivity contribution in [2.45, 2.75) is 13.1 Å². The topological polar surface area (TPSA) is 97.4 Å². The second-order valence-corrected chi connectivity index (χ2v) is 6.56. The molecular weight excluding hydrogens is 356 g/mol. The van der Waals surface area contributed by atoms with Gasteiger partial charge in [0.15, 0.2) is 0 Å². The Morgan fingerprint density at radius 1 is 1.04 bits per heavy atom. The maximum Gasteiger partial charge on any atom is 0.329 e. The summed E-state index contributed by atoms with van der Waals surface area (Å²) >= 11 is 0. The number of hydrogen-bond acceptors (Lipinski definition) is 3. The fraction of sp³-hybridized carbons (Fsp3) is 0.0952. The van der Waals surface area contributed by atoms with E-state index in [0.29, 0.717) is 0 Å². The zero-order chi connectivity index (χ0) is 19.7. The molecule has 0 atom stereocenters. The van der Waals surface area contributed by atoms with E-state index < -0.39 is 11.9 Å². The third-order valence-corrected chi connectivity index (χ3v) is 4.59. The lowest BCUT2D eigenvalue weighted by Gasteiger charge is -2.11. The van der Waals surface area contributed by atoms with Gasteiger partial charge in [-0.2, -0.15) is 0 Å². The van der Waals surface area contributed by atoms with E-state index in [2.05, 4.69) is 5.32 Å². The highest BCUT2D eigenvalue weighted by Gasteiger charge is 2.33. The molecule has 1 aliphatic heterocycles. The molecule has 0 saturated carbocycles. The number of para-hydroxylation sites is 1. The van der Waals surface area contributed by atoms with Gasteiger partial charge >= 0.3 is 6.03 Å². The van der Waals surface area contributed by atoms with Gasteiger partial charge in [0.1, 0.15) is 12.2 Å². The Hall–Kier alpha value is -3.87. The van der Waals surface area contributed by atoms with Gasteiger partial charge in [0, 0.05) is 22.7 Å². The van der Waals surface area contributed by atoms with Crippen molar-refractivity contribution in [2.24, 2.45) is 5.73 Å². The van der Waals surface area contributed by atoms with Crippen LogP contribution < -0.4 is 11.1 Å². The van der Waals surface area contributed by atoms with Crippen molar-refractivity contribution in [2.75, 3.05) is 0 Å². The van der Waals surface area contributed by atoms with Gasteiger partial charge in [-0.1, -0.05) is 48.5 Å². The molecule has 1 saturated heterocycles. The van der Waals surface area contributed by atoms with Crippen molar-refractivity contribution in [3.8, 4) is 0 Å². The largest absolute Gasteiger partial charge is 0.368 e. The summed E-state index contributed by atoms with van der Waals surface area (Å²) < 4.78 is 1.73. The molecule has 1 aliphatic rings. The lowest BCUT2D eigenvalue weighted by atomic mass is 10.1. The molecule has 4 rings (SSSR count). The number of imide groups is 1. The van der Waals surface area contributed by atoms with Crippen LogP contribution in [0.4, 0.5) is 4.79 Å². The second-order valence-electron chi connectivity index (χ2n) is 6.56. The molecule has 1 fully saturated rings. The summed E-state index contributed by atoms with van der Waals surface area (Å²) in [6.07, 6.45) is 3.38. The fourth-order valence-corrected chi connectivity index (χ4v) is 3.33. The first-order valence-electron chi connectivity index (χ1n) is 8.77. The number of nitrogens with one attached hydrogen (secondary N) is 1. The molecule has 28 heavy (non-hydrogen) atoms. The van der Waals surface area contributed by atoms with Gasteiger partial charge in [0.25, 0.3) is 5.91 Å². The molecule has 0 bridgehead atoms. The molecule has 0 radical (unpaired) electrons. The summed E-state index contributed by atoms with van der Waals surface area (Å²) in [6.45, 7) is 0.233. The van der Waals surface area contributed by atoms with E-state index >= 15 is 0 Å². The van der Waals surface area contributed by atoms with E-state index in [1.54, 1.807) is 16.8 Å². The Bertz CT molecular complexity index is 1120. The van der Waals surface area contributed by atoms with E-state index in [0.717, 1.165) is 22.0 Å². The van der Waals surface area contributed by atoms with Gasteiger partial charge in [0.2, 0.25) is 5.91 Å². The summed E-state index contributed by atoms with van der Waals surface area (Å²) in [5, 5.41) is 3.50. The van der Waals surface area contributed by atoms with Crippen LogP contribution in [-0.4, -0.2) is 27.3 Å². The number of carbonyl (C=O) groups is 3. The van der Waals surface area contributed by atoms with Crippen LogP contribution in [0.15, 0.2) is 66.5 Å². The number of urea groups is 1. The monoisotopic (exact) mass is 374 g/mol. The van der Waals surface area contributed by atoms with Crippen LogP contribution in [0.3, 0.4) is 0 Å². The standard InChI is InChI=1S/C21H18N4O3/c22-19(26)13-24-12-15(16-8-4-5-9-18(16)24)10-17-20(27)25(21(28)23-17)11-14-6-2-1-3-7-14/h1-10,12H,11,13H2,(H2,22,26)(H,23,28). The van der Waals surface area contributed by atoms with Crippen molar-refractivity contribution in [3.63, 3.8) is 0 Å². The number of nitrogens with two attached hydrogens (primary N) is 1. The van der Waals surface area contributed by atoms with Crippen LogP contribution in [-0.2, 0) is 22.7 Å². The third-order valence-electron chi connectivity index (χ3n) is 4.59. The van der Waals surface area contributed by atoms with E-state index in [9.17, 15) is 14.4 Å². The van der Waals surface area contributed by atoms with Crippen molar-refractivity contribution < 1.29 is 14.4 Å². The average Bonchev–Trinajstić information content (AvgIpc) is 3.15. The number of benzene rings is 2. The van der Waals surface area contributed by atoms with Crippen molar-refractivity contribution in [3.05, 3.63) is 77.6 Å². The number of nitrogens with zero attached hydrogens (tertiary/aromatic N) is 2. The molecule has 1 aromatic heterocycles. The van der Waals surface area contributed by atoms with Crippen LogP contribution in [0.5, 0.6) is 0 Å². The predicted octanol–water partition coefficient (Wildman–Crippen LogP) is 2.22. The first-order chi connectivity index (χ1) is 13.5. The number of aromatic nitrogens is 1. The lowest BCUT2D eigenvalue weighted by Crippen LogP contribution is -2.30. The molecule has 4 amide bonds. The second kappa shape index (κ2) is 7.03. The molecule has 140 valence electrons. The first kappa shape index (κ1) is 17.5. The SMILES string of the molecule is NC(=O)Cn1cc(C=C2NC(=O)N(Cc3ccccc3)C2=O)c2ccccc21. The van der Waals surface area contributed by atoms with Crippen LogP contribution in [0.25, 0.3) is 17.0 Å². The van der Waals surface area contributed by atoms with Crippen LogP contribution in [0.2, 0.25) is 0 Å². The van der Waals surface area contributed by atoms with Crippen molar-refractivity contribution in [1.29, 1.82) is 0 Å². The molecule has 0 aliphatic carbocycles. The minimum absolute atomic E-state index is 0.0319. The number of amides is 4. The minimum atomic E-state index is -0.459. The summed E-state index contributed by atoms with van der Waals surface area (Å²) in [4.78, 5) is 37.5. The van der Waals surface area contributed by atoms with Crippen molar-refractivity contribution >= 4 is 34.8 Å². The highest BCUT2D eigenvalue weighted by molar-refractivity contribution is 6.14. The highest BCUT2D eigenvalue weighted by Crippen LogP contribution is 2.25. The van der Waals surface area contributed by atoms with E-state index in [1.165, 1.54) is 4.90 Å². The maximum absolute atomic E-state index is 12.7. The molecule has 0 spiro atoms. The molecule has 2 aromatic carbocycles. The Kier molecular flexibility index (Phi) is 4.41. The lowest BCUT2D eigenvalue weighted by molar-refractivity contribution is -0.123. The number of hydrogen-bond donors (Lipinski definition) is 2. The van der Waals surface area contributed by atoms with Crippen LogP contribution in [0, 0.1) is 0 Å². The molecule has 0 unspecified atom stereocenters. The zero-order valence-corrected chi connectivity index (χ0v) is 15.0. The average molecular weight is 374 g/mol. The minimum Gasteiger partial charge on any atom is -0.368 e. The van der Waals surface area contributed by atoms with Gasteiger partial charge in [0.05, 0.1) is 6.54 Å². The number of carbonyl (C=O) groups excluding carboxylic acids is 3. The first-order valence-corrected chi connectivity index (χ1v) is 8.77. The molecule has 7 nitrogen and oxygen atoms in total. The van der Waals surface area contributed by atoms with Gasteiger partial charge in [-0.15, -0.1) is 0 Å². The van der Waals surface area contributed by atoms with Gasteiger partial charge in [-0.25, -0.2) is 4.79 Å². The fourth-order valence-electron chi connectivity index (χ4n) is 3.33. The smallest absolute Gasteiger partial charge is 0.329 e. The van der Waals surface area contributed by atoms with E-state index in [1.807, 2.05) is 54.6 Å². The van der Waals surface area contributed by atoms with Gasteiger partial charge < -0.3 is 15.6 Å². The van der Waals surface area contributed by atoms with Crippen LogP contribution in [0.1, 0.15) is 11.1 Å². The summed E-state index contributed by atoms with van der Waals surface area (Å²) in [6, 6.07) is 16.4. The summed E-state index contributed by atoms with van der Waals surface area (Å²) in [5.41, 5.74) is 7.94. The third kappa shape index (κ3) is 3.25. The quantitative estimate of drug-likeness (QED) is 0.529. The van der Waals surface area contributed by atoms with E-state index in [4.69, 9.17) is 5.73 Å². The Balaban J connectivity index is 1.67. The van der Waals surface area contributed by atoms with Gasteiger partial charge in [-0.3, -0.25) is 14.5 Å². The van der Waals surface area contributed by atoms with Gasteiger partial charge in [-0.05, 0) is 17.7 Å². The molecule has 3 aromatic rings. The normalized spacial score (nSPS) is 15.4. The molecule has 2 heterocycles. The number of primary amides is 1. The van der Waals surface area contributed by atoms with Crippen LogP contribution >= 0.6 is 0 Å². The Morgan fingerprint density at radius 2 is 1.75 bits per heavy atom. The Morgan fingerprint density at radius 3 is 2.50 bits per heavy atom. The highest BCUT2D eigenvalue weighted by atomic mass is 16.2. The Labute approximate surface area is 161 Å². The summed E-state index contributed by atoms with van der Waals surface area (Å²) in [7, 11) is 0. The number of rotatable bonds is 5.